The van der Waals surface area contributed by atoms with Gasteiger partial charge in [0.05, 0.1) is 0 Å². The molecular weight excluding hydrogens is 231 g/mol. The number of nitrogens with zero attached hydrogens (tertiary/aromatic N) is 3. The van der Waals surface area contributed by atoms with Gasteiger partial charge in [-0.15, -0.1) is 5.10 Å². The Morgan fingerprint density at radius 3 is 2.83 bits per heavy atom. The summed E-state index contributed by atoms with van der Waals surface area (Å²) in [6.45, 7) is 1.90. The van der Waals surface area contributed by atoms with E-state index < -0.39 is 0 Å². The van der Waals surface area contributed by atoms with E-state index in [4.69, 9.17) is 5.73 Å². The number of pyridine rings is 1. The third-order valence-electron chi connectivity index (χ3n) is 2.82. The number of nitrogens with two attached hydrogens (primary N) is 1. The van der Waals surface area contributed by atoms with E-state index in [0.29, 0.717) is 11.2 Å². The number of benzene rings is 1. The lowest BCUT2D eigenvalue weighted by Crippen LogP contribution is -1.94. The van der Waals surface area contributed by atoms with Crippen molar-refractivity contribution >= 4 is 11.6 Å². The maximum absolute atomic E-state index is 13.7. The molecule has 0 saturated carbocycles. The number of aryl methyl sites for hydroxylation is 1. The molecule has 90 valence electrons. The molecule has 0 saturated heterocycles. The molecule has 0 spiro atoms. The first kappa shape index (κ1) is 10.7. The van der Waals surface area contributed by atoms with Gasteiger partial charge in [-0.05, 0) is 24.6 Å². The van der Waals surface area contributed by atoms with E-state index in [1.54, 1.807) is 28.9 Å². The quantitative estimate of drug-likeness (QED) is 0.713. The first-order valence-corrected chi connectivity index (χ1v) is 5.52. The fourth-order valence-corrected chi connectivity index (χ4v) is 2.01. The molecule has 2 N–H and O–H groups in total. The maximum Gasteiger partial charge on any atom is 0.240 e. The maximum atomic E-state index is 13.7. The summed E-state index contributed by atoms with van der Waals surface area (Å²) in [5.74, 6) is -0.0480. The topological polar surface area (TPSA) is 56.2 Å². The van der Waals surface area contributed by atoms with Crippen LogP contribution in [0.25, 0.3) is 16.8 Å². The average Bonchev–Trinajstić information content (AvgIpc) is 2.71. The van der Waals surface area contributed by atoms with Gasteiger partial charge in [0.25, 0.3) is 0 Å². The molecule has 3 rings (SSSR count). The van der Waals surface area contributed by atoms with E-state index >= 15 is 0 Å². The van der Waals surface area contributed by atoms with Gasteiger partial charge in [-0.3, -0.25) is 0 Å². The van der Waals surface area contributed by atoms with Crippen molar-refractivity contribution in [3.63, 3.8) is 0 Å². The second-order valence-corrected chi connectivity index (χ2v) is 4.13. The molecule has 0 atom stereocenters. The largest absolute Gasteiger partial charge is 0.366 e. The van der Waals surface area contributed by atoms with Crippen LogP contribution in [0.15, 0.2) is 36.5 Å². The number of hydrogen-bond acceptors (Lipinski definition) is 3. The molecule has 4 nitrogen and oxygen atoms in total. The van der Waals surface area contributed by atoms with Gasteiger partial charge in [0.2, 0.25) is 5.95 Å². The molecule has 5 heteroatoms. The SMILES string of the molecule is Cc1cc(-c2ccccc2F)cn2nc(N)nc12. The van der Waals surface area contributed by atoms with E-state index in [-0.39, 0.29) is 11.8 Å². The van der Waals surface area contributed by atoms with Crippen LogP contribution < -0.4 is 5.73 Å². The zero-order chi connectivity index (χ0) is 12.7. The molecule has 18 heavy (non-hydrogen) atoms. The molecule has 2 heterocycles. The van der Waals surface area contributed by atoms with Crippen LogP contribution in [0.1, 0.15) is 5.56 Å². The molecule has 0 aliphatic rings. The molecule has 1 aromatic carbocycles. The summed E-state index contributed by atoms with van der Waals surface area (Å²) < 4.78 is 15.3. The molecule has 3 aromatic rings. The van der Waals surface area contributed by atoms with Gasteiger partial charge in [0.15, 0.2) is 5.65 Å². The van der Waals surface area contributed by atoms with E-state index in [0.717, 1.165) is 11.1 Å². The molecule has 0 aliphatic carbocycles. The Morgan fingerprint density at radius 1 is 1.28 bits per heavy atom. The zero-order valence-electron chi connectivity index (χ0n) is 9.76. The highest BCUT2D eigenvalue weighted by atomic mass is 19.1. The average molecular weight is 242 g/mol. The minimum absolute atomic E-state index is 0.212. The molecule has 2 aromatic heterocycles. The van der Waals surface area contributed by atoms with Crippen LogP contribution in [0.3, 0.4) is 0 Å². The molecular formula is C13H11FN4. The minimum atomic E-state index is -0.260. The standard InChI is InChI=1S/C13H11FN4/c1-8-6-9(10-4-2-3-5-11(10)14)7-18-12(8)16-13(15)17-18/h2-7H,1H3,(H2,15,17). The van der Waals surface area contributed by atoms with Crippen LogP contribution in [0, 0.1) is 12.7 Å². The monoisotopic (exact) mass is 242 g/mol. The Hall–Kier alpha value is -2.43. The van der Waals surface area contributed by atoms with Crippen molar-refractivity contribution in [2.24, 2.45) is 0 Å². The summed E-state index contributed by atoms with van der Waals surface area (Å²) >= 11 is 0. The Morgan fingerprint density at radius 2 is 2.06 bits per heavy atom. The van der Waals surface area contributed by atoms with E-state index in [9.17, 15) is 4.39 Å². The van der Waals surface area contributed by atoms with Crippen LogP contribution in [-0.2, 0) is 0 Å². The van der Waals surface area contributed by atoms with Gasteiger partial charge in [0, 0.05) is 17.3 Å². The van der Waals surface area contributed by atoms with Gasteiger partial charge in [-0.25, -0.2) is 8.91 Å². The molecule has 0 fully saturated rings. The van der Waals surface area contributed by atoms with Gasteiger partial charge in [0.1, 0.15) is 5.82 Å². The zero-order valence-corrected chi connectivity index (χ0v) is 9.76. The van der Waals surface area contributed by atoms with Crippen LogP contribution in [0.5, 0.6) is 0 Å². The Balaban J connectivity index is 2.28. The van der Waals surface area contributed by atoms with E-state index in [1.165, 1.54) is 6.07 Å². The highest BCUT2D eigenvalue weighted by molar-refractivity contribution is 5.67. The van der Waals surface area contributed by atoms with Crippen molar-refractivity contribution in [1.29, 1.82) is 0 Å². The van der Waals surface area contributed by atoms with Crippen LogP contribution >= 0.6 is 0 Å². The fraction of sp³-hybridized carbons (Fsp3) is 0.0769. The van der Waals surface area contributed by atoms with Crippen LogP contribution in [0.2, 0.25) is 0 Å². The van der Waals surface area contributed by atoms with Gasteiger partial charge >= 0.3 is 0 Å². The highest BCUT2D eigenvalue weighted by Crippen LogP contribution is 2.24. The number of halogens is 1. The predicted octanol–water partition coefficient (Wildman–Crippen LogP) is 2.43. The van der Waals surface area contributed by atoms with Crippen LogP contribution in [0.4, 0.5) is 10.3 Å². The number of anilines is 1. The summed E-state index contributed by atoms with van der Waals surface area (Å²) in [5, 5.41) is 4.05. The highest BCUT2D eigenvalue weighted by Gasteiger charge is 2.09. The van der Waals surface area contributed by atoms with Crippen molar-refractivity contribution in [3.05, 3.63) is 47.9 Å². The number of rotatable bonds is 1. The van der Waals surface area contributed by atoms with Gasteiger partial charge in [-0.1, -0.05) is 18.2 Å². The molecule has 0 aliphatic heterocycles. The second-order valence-electron chi connectivity index (χ2n) is 4.13. The Kier molecular flexibility index (Phi) is 2.26. The van der Waals surface area contributed by atoms with Crippen molar-refractivity contribution in [2.45, 2.75) is 6.92 Å². The molecule has 0 amide bonds. The first-order chi connectivity index (χ1) is 8.65. The number of nitrogen functional groups attached to an aromatic ring is 1. The lowest BCUT2D eigenvalue weighted by Gasteiger charge is -2.05. The summed E-state index contributed by atoms with van der Waals surface area (Å²) in [6, 6.07) is 8.51. The summed E-state index contributed by atoms with van der Waals surface area (Å²) in [4.78, 5) is 4.11. The Bertz CT molecular complexity index is 733. The molecule has 0 bridgehead atoms. The van der Waals surface area contributed by atoms with E-state index in [2.05, 4.69) is 10.1 Å². The first-order valence-electron chi connectivity index (χ1n) is 5.52. The van der Waals surface area contributed by atoms with Crippen molar-refractivity contribution in [2.75, 3.05) is 5.73 Å². The molecule has 0 unspecified atom stereocenters. The second kappa shape index (κ2) is 3.80. The normalized spacial score (nSPS) is 11.0. The lowest BCUT2D eigenvalue weighted by atomic mass is 10.1. The molecule has 0 radical (unpaired) electrons. The minimum Gasteiger partial charge on any atom is -0.366 e. The van der Waals surface area contributed by atoms with Gasteiger partial charge < -0.3 is 5.73 Å². The number of aromatic nitrogens is 3. The van der Waals surface area contributed by atoms with Crippen LogP contribution in [-0.4, -0.2) is 14.6 Å². The smallest absolute Gasteiger partial charge is 0.240 e. The third kappa shape index (κ3) is 1.60. The number of hydrogen-bond donors (Lipinski definition) is 1. The lowest BCUT2D eigenvalue weighted by molar-refractivity contribution is 0.631. The number of fused-ring (bicyclic) bond motifs is 1. The van der Waals surface area contributed by atoms with Crippen molar-refractivity contribution < 1.29 is 4.39 Å². The third-order valence-corrected chi connectivity index (χ3v) is 2.82. The summed E-state index contributed by atoms with van der Waals surface area (Å²) in [7, 11) is 0. The summed E-state index contributed by atoms with van der Waals surface area (Å²) in [6.07, 6.45) is 1.73. The Labute approximate surface area is 103 Å². The predicted molar refractivity (Wildman–Crippen MR) is 67.5 cm³/mol. The summed E-state index contributed by atoms with van der Waals surface area (Å²) in [5.41, 5.74) is 8.44. The fourth-order valence-electron chi connectivity index (χ4n) is 2.01. The van der Waals surface area contributed by atoms with E-state index in [1.807, 2.05) is 13.0 Å². The van der Waals surface area contributed by atoms with Gasteiger partial charge in [-0.2, -0.15) is 4.98 Å². The van der Waals surface area contributed by atoms with Crippen molar-refractivity contribution in [1.82, 2.24) is 14.6 Å². The van der Waals surface area contributed by atoms with Crippen molar-refractivity contribution in [3.8, 4) is 11.1 Å².